The van der Waals surface area contributed by atoms with Gasteiger partial charge in [0.15, 0.2) is 11.5 Å². The zero-order valence-corrected chi connectivity index (χ0v) is 13.5. The quantitative estimate of drug-likeness (QED) is 0.849. The monoisotopic (exact) mass is 353 g/mol. The van der Waals surface area contributed by atoms with E-state index < -0.39 is 0 Å². The van der Waals surface area contributed by atoms with E-state index in [4.69, 9.17) is 9.47 Å². The number of hydrogen-bond donors (Lipinski definition) is 1. The third-order valence-electron chi connectivity index (χ3n) is 4.08. The topological polar surface area (TPSA) is 47.6 Å². The number of amides is 1. The highest BCUT2D eigenvalue weighted by Gasteiger charge is 2.23. The van der Waals surface area contributed by atoms with Gasteiger partial charge >= 0.3 is 0 Å². The molecule has 1 amide bonds. The molecule has 0 radical (unpaired) electrons. The second kappa shape index (κ2) is 6.69. The molecule has 114 valence electrons. The van der Waals surface area contributed by atoms with E-state index >= 15 is 0 Å². The minimum absolute atomic E-state index is 0.0750. The number of para-hydroxylation sites is 1. The van der Waals surface area contributed by atoms with Gasteiger partial charge < -0.3 is 14.8 Å². The molecular formula is C16H20BrNO3. The lowest BCUT2D eigenvalue weighted by Gasteiger charge is -2.26. The fraction of sp³-hybridized carbons (Fsp3) is 0.562. The average molecular weight is 354 g/mol. The molecule has 4 nitrogen and oxygen atoms in total. The van der Waals surface area contributed by atoms with Crippen LogP contribution in [0.3, 0.4) is 0 Å². The van der Waals surface area contributed by atoms with E-state index in [9.17, 15) is 4.79 Å². The number of rotatable bonds is 3. The molecule has 1 N–H and O–H groups in total. The fourth-order valence-electron chi connectivity index (χ4n) is 3.00. The van der Waals surface area contributed by atoms with Gasteiger partial charge in [0.25, 0.3) is 5.91 Å². The van der Waals surface area contributed by atoms with Crippen molar-refractivity contribution in [2.75, 3.05) is 19.8 Å². The number of fused-ring (bicyclic) bond motifs is 1. The van der Waals surface area contributed by atoms with Crippen molar-refractivity contribution in [3.63, 3.8) is 0 Å². The summed E-state index contributed by atoms with van der Waals surface area (Å²) in [7, 11) is 0. The molecule has 0 spiro atoms. The average Bonchev–Trinajstić information content (AvgIpc) is 2.52. The number of hydrogen-bond acceptors (Lipinski definition) is 3. The van der Waals surface area contributed by atoms with Crippen molar-refractivity contribution in [2.24, 2.45) is 5.92 Å². The first-order valence-electron chi connectivity index (χ1n) is 7.55. The highest BCUT2D eigenvalue weighted by molar-refractivity contribution is 9.09. The molecule has 1 aliphatic carbocycles. The Balaban J connectivity index is 1.63. The molecule has 0 aromatic heterocycles. The van der Waals surface area contributed by atoms with Crippen LogP contribution in [0.5, 0.6) is 11.5 Å². The van der Waals surface area contributed by atoms with Crippen LogP contribution in [0.2, 0.25) is 0 Å². The minimum atomic E-state index is -0.0750. The zero-order chi connectivity index (χ0) is 14.7. The summed E-state index contributed by atoms with van der Waals surface area (Å²) in [5.74, 6) is 1.72. The first kappa shape index (κ1) is 14.7. The van der Waals surface area contributed by atoms with Gasteiger partial charge in [-0.2, -0.15) is 0 Å². The Morgan fingerprint density at radius 1 is 1.29 bits per heavy atom. The third-order valence-corrected chi connectivity index (χ3v) is 4.91. The number of halogens is 1. The Hall–Kier alpha value is -1.23. The Kier molecular flexibility index (Phi) is 4.68. The Labute approximate surface area is 133 Å². The summed E-state index contributed by atoms with van der Waals surface area (Å²) < 4.78 is 11.1. The Bertz CT molecular complexity index is 520. The van der Waals surface area contributed by atoms with Gasteiger partial charge in [-0.05, 0) is 37.3 Å². The standard InChI is InChI=1S/C16H20BrNO3/c17-12-4-1-3-11(9-12)10-18-16(19)13-5-2-6-14-15(13)21-8-7-20-14/h2,5-6,11-12H,1,3-4,7-10H2,(H,18,19). The van der Waals surface area contributed by atoms with Gasteiger partial charge in [-0.25, -0.2) is 0 Å². The van der Waals surface area contributed by atoms with Crippen LogP contribution < -0.4 is 14.8 Å². The number of carbonyl (C=O) groups excluding carboxylic acids is 1. The zero-order valence-electron chi connectivity index (χ0n) is 11.9. The summed E-state index contributed by atoms with van der Waals surface area (Å²) >= 11 is 3.68. The van der Waals surface area contributed by atoms with Crippen LogP contribution in [0, 0.1) is 5.92 Å². The molecule has 1 aromatic carbocycles. The van der Waals surface area contributed by atoms with Crippen molar-refractivity contribution in [1.29, 1.82) is 0 Å². The normalized spacial score (nSPS) is 24.4. The number of ether oxygens (including phenoxy) is 2. The number of benzene rings is 1. The molecule has 1 saturated carbocycles. The summed E-state index contributed by atoms with van der Waals surface area (Å²) in [5.41, 5.74) is 0.568. The van der Waals surface area contributed by atoms with Crippen LogP contribution in [0.4, 0.5) is 0 Å². The van der Waals surface area contributed by atoms with Crippen LogP contribution in [0.25, 0.3) is 0 Å². The van der Waals surface area contributed by atoms with E-state index in [1.165, 1.54) is 19.3 Å². The predicted molar refractivity (Wildman–Crippen MR) is 84.4 cm³/mol. The first-order chi connectivity index (χ1) is 10.2. The second-order valence-electron chi connectivity index (χ2n) is 5.67. The lowest BCUT2D eigenvalue weighted by atomic mass is 9.89. The molecule has 1 aliphatic heterocycles. The van der Waals surface area contributed by atoms with E-state index in [-0.39, 0.29) is 5.91 Å². The predicted octanol–water partition coefficient (Wildman–Crippen LogP) is 3.14. The largest absolute Gasteiger partial charge is 0.486 e. The molecule has 2 atom stereocenters. The Morgan fingerprint density at radius 2 is 2.14 bits per heavy atom. The van der Waals surface area contributed by atoms with Gasteiger partial charge in [0.2, 0.25) is 0 Å². The number of carbonyl (C=O) groups is 1. The minimum Gasteiger partial charge on any atom is -0.486 e. The van der Waals surface area contributed by atoms with Crippen molar-refractivity contribution in [2.45, 2.75) is 30.5 Å². The van der Waals surface area contributed by atoms with E-state index in [0.29, 0.717) is 41.0 Å². The summed E-state index contributed by atoms with van der Waals surface area (Å²) in [6.07, 6.45) is 4.79. The van der Waals surface area contributed by atoms with Gasteiger partial charge in [0, 0.05) is 11.4 Å². The molecule has 0 bridgehead atoms. The van der Waals surface area contributed by atoms with Crippen molar-refractivity contribution in [1.82, 2.24) is 5.32 Å². The fourth-order valence-corrected chi connectivity index (χ4v) is 3.85. The van der Waals surface area contributed by atoms with Gasteiger partial charge in [-0.1, -0.05) is 28.4 Å². The molecule has 21 heavy (non-hydrogen) atoms. The van der Waals surface area contributed by atoms with Gasteiger partial charge in [-0.3, -0.25) is 4.79 Å². The van der Waals surface area contributed by atoms with Crippen molar-refractivity contribution >= 4 is 21.8 Å². The molecule has 1 fully saturated rings. The molecule has 1 heterocycles. The van der Waals surface area contributed by atoms with Crippen LogP contribution in [0.1, 0.15) is 36.0 Å². The van der Waals surface area contributed by atoms with Gasteiger partial charge in [0.05, 0.1) is 5.56 Å². The van der Waals surface area contributed by atoms with Crippen LogP contribution in [-0.2, 0) is 0 Å². The molecule has 3 rings (SSSR count). The molecule has 2 aliphatic rings. The number of nitrogens with one attached hydrogen (secondary N) is 1. The Morgan fingerprint density at radius 3 is 3.00 bits per heavy atom. The molecule has 1 aromatic rings. The van der Waals surface area contributed by atoms with Crippen molar-refractivity contribution < 1.29 is 14.3 Å². The van der Waals surface area contributed by atoms with Gasteiger partial charge in [0.1, 0.15) is 13.2 Å². The second-order valence-corrected chi connectivity index (χ2v) is 6.96. The molecule has 5 heteroatoms. The lowest BCUT2D eigenvalue weighted by molar-refractivity contribution is 0.0933. The van der Waals surface area contributed by atoms with E-state index in [1.54, 1.807) is 6.07 Å². The molecular weight excluding hydrogens is 334 g/mol. The molecule has 2 unspecified atom stereocenters. The summed E-state index contributed by atoms with van der Waals surface area (Å²) in [6, 6.07) is 5.45. The first-order valence-corrected chi connectivity index (χ1v) is 8.46. The maximum Gasteiger partial charge on any atom is 0.255 e. The SMILES string of the molecule is O=C(NCC1CCCC(Br)C1)c1cccc2c1OCCO2. The maximum absolute atomic E-state index is 12.4. The summed E-state index contributed by atoms with van der Waals surface area (Å²) in [6.45, 7) is 1.75. The van der Waals surface area contributed by atoms with E-state index in [1.807, 2.05) is 12.1 Å². The van der Waals surface area contributed by atoms with Crippen LogP contribution in [0.15, 0.2) is 18.2 Å². The molecule has 0 saturated heterocycles. The smallest absolute Gasteiger partial charge is 0.255 e. The van der Waals surface area contributed by atoms with Gasteiger partial charge in [-0.15, -0.1) is 0 Å². The van der Waals surface area contributed by atoms with Crippen molar-refractivity contribution in [3.05, 3.63) is 23.8 Å². The third kappa shape index (κ3) is 3.51. The van der Waals surface area contributed by atoms with Crippen LogP contribution in [-0.4, -0.2) is 30.5 Å². The van der Waals surface area contributed by atoms with E-state index in [0.717, 1.165) is 13.0 Å². The highest BCUT2D eigenvalue weighted by atomic mass is 79.9. The summed E-state index contributed by atoms with van der Waals surface area (Å²) in [4.78, 5) is 13.0. The highest BCUT2D eigenvalue weighted by Crippen LogP contribution is 2.33. The van der Waals surface area contributed by atoms with Crippen LogP contribution >= 0.6 is 15.9 Å². The summed E-state index contributed by atoms with van der Waals surface area (Å²) in [5, 5.41) is 3.04. The lowest BCUT2D eigenvalue weighted by Crippen LogP contribution is -2.32. The maximum atomic E-state index is 12.4. The van der Waals surface area contributed by atoms with E-state index in [2.05, 4.69) is 21.2 Å². The van der Waals surface area contributed by atoms with Crippen molar-refractivity contribution in [3.8, 4) is 11.5 Å². The number of alkyl halides is 1.